The van der Waals surface area contributed by atoms with Gasteiger partial charge in [0.1, 0.15) is 5.82 Å². The number of nitrogens with zero attached hydrogens (tertiary/aromatic N) is 3. The fourth-order valence-corrected chi connectivity index (χ4v) is 2.37. The maximum atomic E-state index is 13.1. The van der Waals surface area contributed by atoms with Crippen molar-refractivity contribution in [1.82, 2.24) is 10.2 Å². The summed E-state index contributed by atoms with van der Waals surface area (Å²) in [5.74, 6) is 0.378. The van der Waals surface area contributed by atoms with Gasteiger partial charge in [-0.25, -0.2) is 4.39 Å². The quantitative estimate of drug-likeness (QED) is 0.774. The third-order valence-electron chi connectivity index (χ3n) is 3.66. The summed E-state index contributed by atoms with van der Waals surface area (Å²) in [6.45, 7) is 0. The van der Waals surface area contributed by atoms with Crippen LogP contribution >= 0.6 is 0 Å². The third kappa shape index (κ3) is 4.38. The van der Waals surface area contributed by atoms with E-state index in [2.05, 4.69) is 15.5 Å². The molecule has 0 unspecified atom stereocenters. The van der Waals surface area contributed by atoms with Crippen LogP contribution in [0.4, 0.5) is 21.7 Å². The summed E-state index contributed by atoms with van der Waals surface area (Å²) in [6, 6.07) is 19.2. The fraction of sp³-hybridized carbons (Fsp3) is 0.105. The molecule has 0 aliphatic carbocycles. The lowest BCUT2D eigenvalue weighted by atomic mass is 10.1. The second-order valence-electron chi connectivity index (χ2n) is 5.53. The molecule has 1 amide bonds. The number of amides is 1. The van der Waals surface area contributed by atoms with Gasteiger partial charge in [0.15, 0.2) is 11.6 Å². The van der Waals surface area contributed by atoms with E-state index < -0.39 is 0 Å². The lowest BCUT2D eigenvalue weighted by Crippen LogP contribution is -2.17. The number of anilines is 3. The molecule has 0 radical (unpaired) electrons. The Kier molecular flexibility index (Phi) is 4.99. The standard InChI is InChI=1S/C19H17FN4O/c1-24(16-8-3-2-4-9-16)18-11-10-17(22-23-18)21-19(25)13-14-6-5-7-15(20)12-14/h2-12H,13H2,1H3,(H,21,22,25). The average molecular weight is 336 g/mol. The van der Waals surface area contributed by atoms with Crippen molar-refractivity contribution in [3.63, 3.8) is 0 Å². The summed E-state index contributed by atoms with van der Waals surface area (Å²) in [5.41, 5.74) is 1.59. The number of carbonyl (C=O) groups excluding carboxylic acids is 1. The number of para-hydroxylation sites is 1. The second-order valence-corrected chi connectivity index (χ2v) is 5.53. The molecule has 126 valence electrons. The molecular weight excluding hydrogens is 319 g/mol. The van der Waals surface area contributed by atoms with Gasteiger partial charge >= 0.3 is 0 Å². The zero-order valence-corrected chi connectivity index (χ0v) is 13.7. The van der Waals surface area contributed by atoms with Crippen LogP contribution < -0.4 is 10.2 Å². The Morgan fingerprint density at radius 1 is 1.04 bits per heavy atom. The summed E-state index contributed by atoms with van der Waals surface area (Å²) in [6.07, 6.45) is 0.0745. The van der Waals surface area contributed by atoms with E-state index in [-0.39, 0.29) is 18.1 Å². The Bertz CT molecular complexity index is 853. The van der Waals surface area contributed by atoms with Crippen molar-refractivity contribution in [1.29, 1.82) is 0 Å². The van der Waals surface area contributed by atoms with Crippen LogP contribution in [0.3, 0.4) is 0 Å². The lowest BCUT2D eigenvalue weighted by Gasteiger charge is -2.17. The molecule has 25 heavy (non-hydrogen) atoms. The van der Waals surface area contributed by atoms with E-state index in [0.717, 1.165) is 5.69 Å². The first-order chi connectivity index (χ1) is 12.1. The molecule has 0 saturated carbocycles. The summed E-state index contributed by atoms with van der Waals surface area (Å²) < 4.78 is 13.1. The molecule has 0 bridgehead atoms. The van der Waals surface area contributed by atoms with Crippen LogP contribution in [0.25, 0.3) is 0 Å². The number of halogens is 1. The summed E-state index contributed by atoms with van der Waals surface area (Å²) in [5, 5.41) is 10.8. The highest BCUT2D eigenvalue weighted by molar-refractivity contribution is 5.91. The van der Waals surface area contributed by atoms with Crippen molar-refractivity contribution in [2.75, 3.05) is 17.3 Å². The SMILES string of the molecule is CN(c1ccccc1)c1ccc(NC(=O)Cc2cccc(F)c2)nn1. The van der Waals surface area contributed by atoms with Crippen molar-refractivity contribution in [3.05, 3.63) is 78.1 Å². The molecule has 6 heteroatoms. The molecule has 1 N–H and O–H groups in total. The maximum absolute atomic E-state index is 13.1. The molecule has 0 aliphatic rings. The number of aromatic nitrogens is 2. The highest BCUT2D eigenvalue weighted by atomic mass is 19.1. The minimum atomic E-state index is -0.363. The molecule has 5 nitrogen and oxygen atoms in total. The maximum Gasteiger partial charge on any atom is 0.229 e. The Labute approximate surface area is 145 Å². The van der Waals surface area contributed by atoms with Gasteiger partial charge in [-0.05, 0) is 42.0 Å². The van der Waals surface area contributed by atoms with Crippen molar-refractivity contribution >= 4 is 23.2 Å². The van der Waals surface area contributed by atoms with Gasteiger partial charge in [0.05, 0.1) is 6.42 Å². The Balaban J connectivity index is 1.63. The monoisotopic (exact) mass is 336 g/mol. The van der Waals surface area contributed by atoms with Gasteiger partial charge in [-0.2, -0.15) is 0 Å². The van der Waals surface area contributed by atoms with Crippen LogP contribution in [0.1, 0.15) is 5.56 Å². The van der Waals surface area contributed by atoms with Gasteiger partial charge in [0, 0.05) is 12.7 Å². The van der Waals surface area contributed by atoms with E-state index >= 15 is 0 Å². The van der Waals surface area contributed by atoms with Crippen molar-refractivity contribution in [3.8, 4) is 0 Å². The number of nitrogens with one attached hydrogen (secondary N) is 1. The molecule has 3 aromatic rings. The second kappa shape index (κ2) is 7.53. The first-order valence-corrected chi connectivity index (χ1v) is 7.78. The third-order valence-corrected chi connectivity index (χ3v) is 3.66. The van der Waals surface area contributed by atoms with E-state index in [9.17, 15) is 9.18 Å². The van der Waals surface area contributed by atoms with Crippen molar-refractivity contribution in [2.45, 2.75) is 6.42 Å². The van der Waals surface area contributed by atoms with Crippen LogP contribution in [-0.4, -0.2) is 23.2 Å². The normalized spacial score (nSPS) is 10.3. The van der Waals surface area contributed by atoms with Crippen LogP contribution in [-0.2, 0) is 11.2 Å². The molecular formula is C19H17FN4O. The molecule has 0 aliphatic heterocycles. The lowest BCUT2D eigenvalue weighted by molar-refractivity contribution is -0.115. The van der Waals surface area contributed by atoms with Crippen molar-refractivity contribution < 1.29 is 9.18 Å². The van der Waals surface area contributed by atoms with Gasteiger partial charge in [0.2, 0.25) is 5.91 Å². The zero-order chi connectivity index (χ0) is 17.6. The molecule has 0 atom stereocenters. The van der Waals surface area contributed by atoms with E-state index in [1.807, 2.05) is 42.3 Å². The molecule has 1 aromatic heterocycles. The van der Waals surface area contributed by atoms with Crippen LogP contribution in [0.5, 0.6) is 0 Å². The van der Waals surface area contributed by atoms with Gasteiger partial charge < -0.3 is 10.2 Å². The first-order valence-electron chi connectivity index (χ1n) is 7.78. The Hall–Kier alpha value is -3.28. The van der Waals surface area contributed by atoms with E-state index in [4.69, 9.17) is 0 Å². The predicted molar refractivity (Wildman–Crippen MR) is 95.3 cm³/mol. The molecule has 3 rings (SSSR count). The van der Waals surface area contributed by atoms with Gasteiger partial charge in [-0.1, -0.05) is 30.3 Å². The average Bonchev–Trinajstić information content (AvgIpc) is 2.62. The fourth-order valence-electron chi connectivity index (χ4n) is 2.37. The Morgan fingerprint density at radius 2 is 1.84 bits per heavy atom. The zero-order valence-electron chi connectivity index (χ0n) is 13.7. The van der Waals surface area contributed by atoms with Gasteiger partial charge in [-0.15, -0.1) is 10.2 Å². The molecule has 0 fully saturated rings. The van der Waals surface area contributed by atoms with E-state index in [1.54, 1.807) is 24.3 Å². The molecule has 0 saturated heterocycles. The highest BCUT2D eigenvalue weighted by Gasteiger charge is 2.09. The number of rotatable bonds is 5. The summed E-state index contributed by atoms with van der Waals surface area (Å²) >= 11 is 0. The molecule has 2 aromatic carbocycles. The topological polar surface area (TPSA) is 58.1 Å². The summed E-state index contributed by atoms with van der Waals surface area (Å²) in [7, 11) is 1.89. The highest BCUT2D eigenvalue weighted by Crippen LogP contribution is 2.20. The van der Waals surface area contributed by atoms with Crippen LogP contribution in [0.2, 0.25) is 0 Å². The molecule has 0 spiro atoms. The summed E-state index contributed by atoms with van der Waals surface area (Å²) in [4.78, 5) is 13.9. The number of hydrogen-bond acceptors (Lipinski definition) is 4. The molecule has 1 heterocycles. The number of carbonyl (C=O) groups is 1. The van der Waals surface area contributed by atoms with Crippen LogP contribution in [0.15, 0.2) is 66.7 Å². The number of hydrogen-bond donors (Lipinski definition) is 1. The Morgan fingerprint density at radius 3 is 2.52 bits per heavy atom. The van der Waals surface area contributed by atoms with Gasteiger partial charge in [0.25, 0.3) is 0 Å². The minimum Gasteiger partial charge on any atom is -0.328 e. The number of benzene rings is 2. The smallest absolute Gasteiger partial charge is 0.229 e. The van der Waals surface area contributed by atoms with Crippen LogP contribution in [0, 0.1) is 5.82 Å². The van der Waals surface area contributed by atoms with Gasteiger partial charge in [-0.3, -0.25) is 4.79 Å². The van der Waals surface area contributed by atoms with Crippen molar-refractivity contribution in [2.24, 2.45) is 0 Å². The van der Waals surface area contributed by atoms with E-state index in [1.165, 1.54) is 12.1 Å². The minimum absolute atomic E-state index is 0.0745. The largest absolute Gasteiger partial charge is 0.328 e. The first kappa shape index (κ1) is 16.6. The predicted octanol–water partition coefficient (Wildman–Crippen LogP) is 3.56. The van der Waals surface area contributed by atoms with E-state index in [0.29, 0.717) is 17.2 Å².